The third-order valence-corrected chi connectivity index (χ3v) is 3.98. The monoisotopic (exact) mass is 248 g/mol. The Bertz CT molecular complexity index is 479. The van der Waals surface area contributed by atoms with Crippen molar-refractivity contribution in [1.82, 2.24) is 0 Å². The Hall–Kier alpha value is -1.51. The minimum atomic E-state index is -0.870. The van der Waals surface area contributed by atoms with Gasteiger partial charge in [-0.05, 0) is 23.8 Å². The van der Waals surface area contributed by atoms with E-state index in [1.807, 2.05) is 32.9 Å². The lowest BCUT2D eigenvalue weighted by Crippen LogP contribution is -2.42. The van der Waals surface area contributed by atoms with Gasteiger partial charge in [-0.2, -0.15) is 0 Å². The molecule has 3 nitrogen and oxygen atoms in total. The fourth-order valence-electron chi connectivity index (χ4n) is 2.66. The zero-order valence-electron chi connectivity index (χ0n) is 11.2. The van der Waals surface area contributed by atoms with Gasteiger partial charge >= 0.3 is 5.97 Å². The molecule has 0 unspecified atom stereocenters. The van der Waals surface area contributed by atoms with E-state index in [0.717, 1.165) is 12.0 Å². The number of benzene rings is 1. The van der Waals surface area contributed by atoms with Crippen LogP contribution < -0.4 is 0 Å². The summed E-state index contributed by atoms with van der Waals surface area (Å²) < 4.78 is 0. The number of para-hydroxylation sites is 1. The first-order valence-electron chi connectivity index (χ1n) is 6.35. The number of aliphatic carboxylic acids is 1. The molecule has 1 saturated carbocycles. The van der Waals surface area contributed by atoms with Crippen LogP contribution in [0.15, 0.2) is 18.2 Å². The molecule has 1 aromatic carbocycles. The highest BCUT2D eigenvalue weighted by atomic mass is 16.4. The Morgan fingerprint density at radius 3 is 2.28 bits per heavy atom. The van der Waals surface area contributed by atoms with Gasteiger partial charge in [-0.25, -0.2) is 0 Å². The van der Waals surface area contributed by atoms with E-state index < -0.39 is 11.4 Å². The number of phenolic OH excluding ortho intramolecular Hbond substituents is 1. The molecule has 0 atom stereocenters. The molecule has 3 heteroatoms. The molecule has 2 N–H and O–H groups in total. The minimum absolute atomic E-state index is 0.159. The second kappa shape index (κ2) is 4.01. The van der Waals surface area contributed by atoms with Crippen molar-refractivity contribution in [2.45, 2.75) is 50.9 Å². The van der Waals surface area contributed by atoms with Gasteiger partial charge in [0.2, 0.25) is 0 Å². The molecule has 18 heavy (non-hydrogen) atoms. The third kappa shape index (κ3) is 1.78. The molecule has 2 rings (SSSR count). The molecule has 0 radical (unpaired) electrons. The van der Waals surface area contributed by atoms with Crippen molar-refractivity contribution in [2.24, 2.45) is 0 Å². The number of carboxylic acids is 1. The van der Waals surface area contributed by atoms with Crippen molar-refractivity contribution in [3.63, 3.8) is 0 Å². The van der Waals surface area contributed by atoms with Crippen LogP contribution in [0.25, 0.3) is 0 Å². The van der Waals surface area contributed by atoms with Gasteiger partial charge in [0.1, 0.15) is 5.75 Å². The summed E-state index contributed by atoms with van der Waals surface area (Å²) in [5.41, 5.74) is 0.329. The van der Waals surface area contributed by atoms with Crippen LogP contribution >= 0.6 is 0 Å². The molecule has 98 valence electrons. The maximum Gasteiger partial charge on any atom is 0.314 e. The molecule has 1 aliphatic rings. The SMILES string of the molecule is CC(C)(C)c1cccc(C2(C(=O)O)CCC2)c1O. The number of rotatable bonds is 2. The summed E-state index contributed by atoms with van der Waals surface area (Å²) in [4.78, 5) is 11.5. The van der Waals surface area contributed by atoms with Gasteiger partial charge in [0.05, 0.1) is 5.41 Å². The number of phenols is 1. The molecular weight excluding hydrogens is 228 g/mol. The first kappa shape index (κ1) is 12.9. The highest BCUT2D eigenvalue weighted by Crippen LogP contribution is 2.49. The highest BCUT2D eigenvalue weighted by Gasteiger charge is 2.48. The van der Waals surface area contributed by atoms with Crippen molar-refractivity contribution in [1.29, 1.82) is 0 Å². The topological polar surface area (TPSA) is 57.5 Å². The lowest BCUT2D eigenvalue weighted by molar-refractivity contribution is -0.147. The number of carbonyl (C=O) groups is 1. The van der Waals surface area contributed by atoms with Gasteiger partial charge in [-0.1, -0.05) is 45.4 Å². The van der Waals surface area contributed by atoms with Crippen molar-refractivity contribution in [2.75, 3.05) is 0 Å². The van der Waals surface area contributed by atoms with Gasteiger partial charge in [0, 0.05) is 5.56 Å². The maximum atomic E-state index is 11.5. The Balaban J connectivity index is 2.56. The summed E-state index contributed by atoms with van der Waals surface area (Å²) in [7, 11) is 0. The summed E-state index contributed by atoms with van der Waals surface area (Å²) in [6.45, 7) is 6.04. The maximum absolute atomic E-state index is 11.5. The van der Waals surface area contributed by atoms with Crippen LogP contribution in [-0.2, 0) is 15.6 Å². The summed E-state index contributed by atoms with van der Waals surface area (Å²) in [5.74, 6) is -0.665. The first-order chi connectivity index (χ1) is 8.29. The van der Waals surface area contributed by atoms with Crippen molar-refractivity contribution < 1.29 is 15.0 Å². The van der Waals surface area contributed by atoms with E-state index in [1.54, 1.807) is 6.07 Å². The van der Waals surface area contributed by atoms with Crippen LogP contribution in [0.5, 0.6) is 5.75 Å². The quantitative estimate of drug-likeness (QED) is 0.845. The van der Waals surface area contributed by atoms with E-state index in [9.17, 15) is 15.0 Å². The lowest BCUT2D eigenvalue weighted by atomic mass is 9.63. The summed E-state index contributed by atoms with van der Waals surface area (Å²) in [6.07, 6.45) is 2.14. The number of aromatic hydroxyl groups is 1. The Kier molecular flexibility index (Phi) is 2.88. The molecular formula is C15H20O3. The molecule has 1 aliphatic carbocycles. The van der Waals surface area contributed by atoms with Crippen molar-refractivity contribution >= 4 is 5.97 Å². The van der Waals surface area contributed by atoms with Gasteiger partial charge < -0.3 is 10.2 Å². The smallest absolute Gasteiger partial charge is 0.314 e. The Morgan fingerprint density at radius 1 is 1.28 bits per heavy atom. The molecule has 0 bridgehead atoms. The van der Waals surface area contributed by atoms with Crippen LogP contribution in [0, 0.1) is 0 Å². The average molecular weight is 248 g/mol. The average Bonchev–Trinajstić information content (AvgIpc) is 2.16. The molecule has 1 fully saturated rings. The van der Waals surface area contributed by atoms with Crippen LogP contribution in [-0.4, -0.2) is 16.2 Å². The van der Waals surface area contributed by atoms with E-state index >= 15 is 0 Å². The Morgan fingerprint density at radius 2 is 1.89 bits per heavy atom. The van der Waals surface area contributed by atoms with Crippen LogP contribution in [0.4, 0.5) is 0 Å². The molecule has 0 spiro atoms. The molecule has 0 amide bonds. The third-order valence-electron chi connectivity index (χ3n) is 3.98. The zero-order chi connectivity index (χ0) is 13.6. The van der Waals surface area contributed by atoms with E-state index in [2.05, 4.69) is 0 Å². The number of hydrogen-bond acceptors (Lipinski definition) is 2. The summed E-state index contributed by atoms with van der Waals surface area (Å²) in [5, 5.41) is 19.9. The summed E-state index contributed by atoms with van der Waals surface area (Å²) >= 11 is 0. The van der Waals surface area contributed by atoms with Gasteiger partial charge in [0.25, 0.3) is 0 Å². The van der Waals surface area contributed by atoms with Crippen LogP contribution in [0.3, 0.4) is 0 Å². The molecule has 0 heterocycles. The predicted molar refractivity (Wildman–Crippen MR) is 70.0 cm³/mol. The second-order valence-electron chi connectivity index (χ2n) is 6.19. The van der Waals surface area contributed by atoms with Crippen molar-refractivity contribution in [3.8, 4) is 5.75 Å². The lowest BCUT2D eigenvalue weighted by Gasteiger charge is -2.39. The first-order valence-corrected chi connectivity index (χ1v) is 6.35. The predicted octanol–water partition coefficient (Wildman–Crippen LogP) is 3.20. The highest BCUT2D eigenvalue weighted by molar-refractivity contribution is 5.84. The minimum Gasteiger partial charge on any atom is -0.507 e. The van der Waals surface area contributed by atoms with Gasteiger partial charge in [0.15, 0.2) is 0 Å². The van der Waals surface area contributed by atoms with E-state index in [-0.39, 0.29) is 11.2 Å². The van der Waals surface area contributed by atoms with Crippen molar-refractivity contribution in [3.05, 3.63) is 29.3 Å². The summed E-state index contributed by atoms with van der Waals surface area (Å²) in [6, 6.07) is 5.46. The van der Waals surface area contributed by atoms with E-state index in [0.29, 0.717) is 18.4 Å². The molecule has 1 aromatic rings. The normalized spacial score (nSPS) is 18.2. The number of hydrogen-bond donors (Lipinski definition) is 2. The standard InChI is InChI=1S/C15H20O3/c1-14(2,3)10-6-4-7-11(12(10)16)15(13(17)18)8-5-9-15/h4,6-7,16H,5,8-9H2,1-3H3,(H,17,18). The van der Waals surface area contributed by atoms with Gasteiger partial charge in [-0.15, -0.1) is 0 Å². The molecule has 0 saturated heterocycles. The van der Waals surface area contributed by atoms with E-state index in [4.69, 9.17) is 0 Å². The molecule has 0 aromatic heterocycles. The van der Waals surface area contributed by atoms with Gasteiger partial charge in [-0.3, -0.25) is 4.79 Å². The van der Waals surface area contributed by atoms with E-state index in [1.165, 1.54) is 0 Å². The van der Waals surface area contributed by atoms with Crippen LogP contribution in [0.1, 0.15) is 51.2 Å². The fraction of sp³-hybridized carbons (Fsp3) is 0.533. The molecule has 0 aliphatic heterocycles. The fourth-order valence-corrected chi connectivity index (χ4v) is 2.66. The second-order valence-corrected chi connectivity index (χ2v) is 6.19. The number of carboxylic acid groups (broad SMARTS) is 1. The largest absolute Gasteiger partial charge is 0.507 e. The zero-order valence-corrected chi connectivity index (χ0v) is 11.2. The Labute approximate surface area is 107 Å². The van der Waals surface area contributed by atoms with Crippen LogP contribution in [0.2, 0.25) is 0 Å².